The van der Waals surface area contributed by atoms with Gasteiger partial charge in [0, 0.05) is 6.07 Å². The van der Waals surface area contributed by atoms with Crippen LogP contribution in [0.2, 0.25) is 0 Å². The van der Waals surface area contributed by atoms with Crippen molar-refractivity contribution in [1.29, 1.82) is 0 Å². The van der Waals surface area contributed by atoms with Gasteiger partial charge in [-0.05, 0) is 30.0 Å². The Hall–Kier alpha value is -2.85. The number of hydrogen-bond donors (Lipinski definition) is 0. The van der Waals surface area contributed by atoms with Crippen molar-refractivity contribution in [2.45, 2.75) is 0 Å². The third-order valence-electron chi connectivity index (χ3n) is 2.78. The van der Waals surface area contributed by atoms with Crippen molar-refractivity contribution in [3.8, 4) is 12.3 Å². The second kappa shape index (κ2) is 6.74. The molecule has 1 aliphatic rings. The first kappa shape index (κ1) is 15.5. The van der Waals surface area contributed by atoms with E-state index in [0.29, 0.717) is 5.56 Å². The Morgan fingerprint density at radius 2 is 2.09 bits per heavy atom. The van der Waals surface area contributed by atoms with Crippen molar-refractivity contribution in [3.63, 3.8) is 0 Å². The van der Waals surface area contributed by atoms with Crippen molar-refractivity contribution < 1.29 is 14.5 Å². The summed E-state index contributed by atoms with van der Waals surface area (Å²) in [4.78, 5) is 35.1. The molecule has 0 aliphatic carbocycles. The molecule has 1 aromatic carbocycles. The number of thioether (sulfide) groups is 1. The van der Waals surface area contributed by atoms with Crippen LogP contribution in [0.5, 0.6) is 0 Å². The van der Waals surface area contributed by atoms with E-state index in [2.05, 4.69) is 5.92 Å². The summed E-state index contributed by atoms with van der Waals surface area (Å²) in [6.45, 7) is -0.0735. The van der Waals surface area contributed by atoms with Gasteiger partial charge in [-0.1, -0.05) is 24.1 Å². The quantitative estimate of drug-likeness (QED) is 0.369. The van der Waals surface area contributed by atoms with Gasteiger partial charge >= 0.3 is 0 Å². The second-order valence-electron chi connectivity index (χ2n) is 4.17. The summed E-state index contributed by atoms with van der Waals surface area (Å²) in [5, 5.41) is 10.5. The van der Waals surface area contributed by atoms with Crippen LogP contribution in [-0.2, 0) is 4.79 Å². The van der Waals surface area contributed by atoms with Gasteiger partial charge in [-0.15, -0.1) is 6.42 Å². The third kappa shape index (κ3) is 3.24. The predicted octanol–water partition coefficient (Wildman–Crippen LogP) is 2.82. The molecule has 6 nitrogen and oxygen atoms in total. The molecule has 0 unspecified atom stereocenters. The van der Waals surface area contributed by atoms with Gasteiger partial charge in [0.05, 0.1) is 21.9 Å². The molecule has 0 atom stereocenters. The van der Waals surface area contributed by atoms with Gasteiger partial charge in [0.1, 0.15) is 0 Å². The summed E-state index contributed by atoms with van der Waals surface area (Å²) in [5.41, 5.74) is 0.374. The fourth-order valence-corrected chi connectivity index (χ4v) is 2.57. The van der Waals surface area contributed by atoms with Crippen molar-refractivity contribution in [2.24, 2.45) is 0 Å². The molecule has 0 aromatic heterocycles. The second-order valence-corrected chi connectivity index (χ2v) is 5.16. The highest BCUT2D eigenvalue weighted by molar-refractivity contribution is 8.18. The van der Waals surface area contributed by atoms with Gasteiger partial charge in [-0.3, -0.25) is 24.6 Å². The molecule has 1 aromatic rings. The number of hydrogen-bond acceptors (Lipinski definition) is 5. The summed E-state index contributed by atoms with van der Waals surface area (Å²) in [7, 11) is 0. The zero-order valence-electron chi connectivity index (χ0n) is 11.3. The lowest BCUT2D eigenvalue weighted by atomic mass is 10.1. The first-order valence-corrected chi connectivity index (χ1v) is 6.95. The molecule has 0 saturated carbocycles. The maximum atomic E-state index is 11.9. The van der Waals surface area contributed by atoms with E-state index in [1.165, 1.54) is 24.3 Å². The predicted molar refractivity (Wildman–Crippen MR) is 83.7 cm³/mol. The van der Waals surface area contributed by atoms with E-state index in [1.807, 2.05) is 0 Å². The average molecular weight is 314 g/mol. The van der Waals surface area contributed by atoms with E-state index in [4.69, 9.17) is 6.42 Å². The molecule has 1 saturated heterocycles. The van der Waals surface area contributed by atoms with Gasteiger partial charge in [0.15, 0.2) is 0 Å². The molecule has 0 spiro atoms. The zero-order valence-corrected chi connectivity index (χ0v) is 12.1. The van der Waals surface area contributed by atoms with Crippen LogP contribution in [0.15, 0.2) is 41.3 Å². The lowest BCUT2D eigenvalue weighted by molar-refractivity contribution is -0.385. The van der Waals surface area contributed by atoms with E-state index < -0.39 is 16.1 Å². The summed E-state index contributed by atoms with van der Waals surface area (Å²) >= 11 is 0.785. The fourth-order valence-electron chi connectivity index (χ4n) is 1.78. The molecule has 22 heavy (non-hydrogen) atoms. The van der Waals surface area contributed by atoms with E-state index in [9.17, 15) is 19.7 Å². The first-order valence-electron chi connectivity index (χ1n) is 6.13. The molecule has 110 valence electrons. The average Bonchev–Trinajstić information content (AvgIpc) is 2.76. The number of nitro groups is 1. The summed E-state index contributed by atoms with van der Waals surface area (Å²) < 4.78 is 0. The number of benzene rings is 1. The number of allylic oxidation sites excluding steroid dienone is 2. The molecule has 0 bridgehead atoms. The minimum Gasteiger partial charge on any atom is -0.268 e. The zero-order chi connectivity index (χ0) is 16.1. The van der Waals surface area contributed by atoms with Crippen LogP contribution in [0.25, 0.3) is 6.08 Å². The maximum absolute atomic E-state index is 11.9. The minimum absolute atomic E-state index is 0.0346. The van der Waals surface area contributed by atoms with Crippen molar-refractivity contribution in [1.82, 2.24) is 4.90 Å². The SMILES string of the molecule is C#CCN1C(=O)S/C(=C/C=C/c2ccccc2[N+](=O)[O-])C1=O. The van der Waals surface area contributed by atoms with Crippen LogP contribution in [0, 0.1) is 22.5 Å². The molecular formula is C15H10N2O4S. The number of rotatable bonds is 4. The van der Waals surface area contributed by atoms with Gasteiger partial charge in [0.25, 0.3) is 16.8 Å². The van der Waals surface area contributed by atoms with E-state index in [1.54, 1.807) is 18.2 Å². The highest BCUT2D eigenvalue weighted by Gasteiger charge is 2.33. The fraction of sp³-hybridized carbons (Fsp3) is 0.0667. The summed E-state index contributed by atoms with van der Waals surface area (Å²) in [5.74, 6) is 1.79. The normalized spacial score (nSPS) is 16.5. The van der Waals surface area contributed by atoms with Crippen molar-refractivity contribution in [3.05, 3.63) is 57.0 Å². The molecule has 1 heterocycles. The summed E-state index contributed by atoms with van der Waals surface area (Å²) in [6, 6.07) is 6.22. The minimum atomic E-state index is -0.486. The standard InChI is InChI=1S/C15H10N2O4S/c1-2-10-16-14(18)13(22-15(16)19)9-5-7-11-6-3-4-8-12(11)17(20)21/h1,3-9H,10H2/b7-5+,13-9+. The van der Waals surface area contributed by atoms with Gasteiger partial charge < -0.3 is 0 Å². The Bertz CT molecular complexity index is 746. The number of carbonyl (C=O) groups is 2. The van der Waals surface area contributed by atoms with E-state index in [0.717, 1.165) is 16.7 Å². The van der Waals surface area contributed by atoms with Gasteiger partial charge in [-0.25, -0.2) is 0 Å². The maximum Gasteiger partial charge on any atom is 0.294 e. The van der Waals surface area contributed by atoms with Crippen LogP contribution in [0.4, 0.5) is 10.5 Å². The molecule has 1 aliphatic heterocycles. The molecular weight excluding hydrogens is 304 g/mol. The number of nitrogens with zero attached hydrogens (tertiary/aromatic N) is 2. The molecule has 0 N–H and O–H groups in total. The number of imide groups is 1. The largest absolute Gasteiger partial charge is 0.294 e. The molecule has 2 rings (SSSR count). The molecule has 7 heteroatoms. The lowest BCUT2D eigenvalue weighted by Gasteiger charge is -2.06. The molecule has 0 radical (unpaired) electrons. The molecule has 2 amide bonds. The highest BCUT2D eigenvalue weighted by atomic mass is 32.2. The van der Waals surface area contributed by atoms with Crippen molar-refractivity contribution in [2.75, 3.05) is 6.54 Å². The van der Waals surface area contributed by atoms with Crippen LogP contribution >= 0.6 is 11.8 Å². The highest BCUT2D eigenvalue weighted by Crippen LogP contribution is 2.30. The van der Waals surface area contributed by atoms with Crippen molar-refractivity contribution >= 4 is 34.7 Å². The number of nitro benzene ring substituents is 1. The Morgan fingerprint density at radius 3 is 2.77 bits per heavy atom. The van der Waals surface area contributed by atoms with E-state index in [-0.39, 0.29) is 17.1 Å². The Kier molecular flexibility index (Phi) is 4.76. The lowest BCUT2D eigenvalue weighted by Crippen LogP contribution is -2.28. The number of amides is 2. The number of terminal acetylenes is 1. The Morgan fingerprint density at radius 1 is 1.36 bits per heavy atom. The topological polar surface area (TPSA) is 80.5 Å². The third-order valence-corrected chi connectivity index (χ3v) is 3.71. The monoisotopic (exact) mass is 314 g/mol. The summed E-state index contributed by atoms with van der Waals surface area (Å²) in [6.07, 6.45) is 9.54. The van der Waals surface area contributed by atoms with Gasteiger partial charge in [-0.2, -0.15) is 0 Å². The van der Waals surface area contributed by atoms with E-state index >= 15 is 0 Å². The van der Waals surface area contributed by atoms with Crippen LogP contribution in [0.1, 0.15) is 5.56 Å². The van der Waals surface area contributed by atoms with Gasteiger partial charge in [0.2, 0.25) is 0 Å². The smallest absolute Gasteiger partial charge is 0.268 e. The van der Waals surface area contributed by atoms with Crippen LogP contribution < -0.4 is 0 Å². The number of para-hydroxylation sites is 1. The first-order chi connectivity index (χ1) is 10.5. The Labute approximate surface area is 130 Å². The van der Waals surface area contributed by atoms with Crippen LogP contribution in [-0.4, -0.2) is 27.5 Å². The molecule has 1 fully saturated rings. The Balaban J connectivity index is 2.20. The number of carbonyl (C=O) groups excluding carboxylic acids is 2. The van der Waals surface area contributed by atoms with Crippen LogP contribution in [0.3, 0.4) is 0 Å².